The molecule has 6 heteroatoms. The van der Waals surface area contributed by atoms with Crippen molar-refractivity contribution in [2.24, 2.45) is 10.7 Å². The molecular formula is C12H11BrClN3O. The van der Waals surface area contributed by atoms with Gasteiger partial charge in [0.2, 0.25) is 0 Å². The molecule has 94 valence electrons. The highest BCUT2D eigenvalue weighted by atomic mass is 79.9. The lowest BCUT2D eigenvalue weighted by Gasteiger charge is -2.25. The Morgan fingerprint density at radius 2 is 2.17 bits per heavy atom. The van der Waals surface area contributed by atoms with E-state index in [0.29, 0.717) is 10.9 Å². The molecule has 1 aromatic carbocycles. The highest BCUT2D eigenvalue weighted by Crippen LogP contribution is 2.40. The van der Waals surface area contributed by atoms with Crippen molar-refractivity contribution in [2.45, 2.75) is 24.9 Å². The fourth-order valence-corrected chi connectivity index (χ4v) is 2.88. The number of hydrogen-bond donors (Lipinski definition) is 1. The third kappa shape index (κ3) is 1.91. The second-order valence-corrected chi connectivity index (χ2v) is 5.82. The van der Waals surface area contributed by atoms with E-state index in [1.54, 1.807) is 11.0 Å². The van der Waals surface area contributed by atoms with Gasteiger partial charge in [-0.15, -0.1) is 0 Å². The van der Waals surface area contributed by atoms with Crippen molar-refractivity contribution in [2.75, 3.05) is 0 Å². The van der Waals surface area contributed by atoms with Gasteiger partial charge >= 0.3 is 6.03 Å². The van der Waals surface area contributed by atoms with E-state index in [9.17, 15) is 4.79 Å². The highest BCUT2D eigenvalue weighted by molar-refractivity contribution is 9.10. The van der Waals surface area contributed by atoms with Crippen LogP contribution >= 0.6 is 27.5 Å². The number of carbonyl (C=O) groups excluding carboxylic acids is 1. The van der Waals surface area contributed by atoms with Gasteiger partial charge in [0.05, 0.1) is 0 Å². The van der Waals surface area contributed by atoms with Crippen molar-refractivity contribution in [1.29, 1.82) is 0 Å². The SMILES string of the molecule is NC1=NC(=O)N(C2CC2)C1c1cc(Cl)ccc1Br. The Labute approximate surface area is 118 Å². The third-order valence-corrected chi connectivity index (χ3v) is 4.15. The number of aliphatic imine (C=N–C) groups is 1. The molecule has 4 nitrogen and oxygen atoms in total. The van der Waals surface area contributed by atoms with E-state index < -0.39 is 0 Å². The number of amides is 2. The molecule has 1 atom stereocenters. The second kappa shape index (κ2) is 4.24. The molecule has 2 N–H and O–H groups in total. The first-order valence-corrected chi connectivity index (χ1v) is 6.86. The first-order chi connectivity index (χ1) is 8.58. The van der Waals surface area contributed by atoms with E-state index >= 15 is 0 Å². The van der Waals surface area contributed by atoms with Gasteiger partial charge in [-0.3, -0.25) is 0 Å². The lowest BCUT2D eigenvalue weighted by Crippen LogP contribution is -2.35. The number of amidine groups is 1. The van der Waals surface area contributed by atoms with Gasteiger partial charge in [-0.1, -0.05) is 27.5 Å². The van der Waals surface area contributed by atoms with Crippen LogP contribution in [0, 0.1) is 0 Å². The van der Waals surface area contributed by atoms with Crippen LogP contribution in [-0.4, -0.2) is 22.8 Å². The van der Waals surface area contributed by atoms with Crippen molar-refractivity contribution in [1.82, 2.24) is 4.90 Å². The first-order valence-electron chi connectivity index (χ1n) is 5.69. The molecule has 1 saturated carbocycles. The minimum atomic E-state index is -0.293. The number of benzene rings is 1. The lowest BCUT2D eigenvalue weighted by molar-refractivity contribution is 0.203. The summed E-state index contributed by atoms with van der Waals surface area (Å²) in [6, 6.07) is 5.20. The first kappa shape index (κ1) is 12.0. The van der Waals surface area contributed by atoms with Crippen LogP contribution in [0.3, 0.4) is 0 Å². The van der Waals surface area contributed by atoms with E-state index in [-0.39, 0.29) is 18.1 Å². The van der Waals surface area contributed by atoms with Crippen molar-refractivity contribution < 1.29 is 4.79 Å². The van der Waals surface area contributed by atoms with E-state index in [4.69, 9.17) is 17.3 Å². The topological polar surface area (TPSA) is 58.7 Å². The van der Waals surface area contributed by atoms with Gasteiger partial charge in [0.25, 0.3) is 0 Å². The monoisotopic (exact) mass is 327 g/mol. The maximum Gasteiger partial charge on any atom is 0.346 e. The highest BCUT2D eigenvalue weighted by Gasteiger charge is 2.44. The average molecular weight is 329 g/mol. The maximum atomic E-state index is 11.9. The molecule has 1 aliphatic carbocycles. The van der Waals surface area contributed by atoms with Crippen molar-refractivity contribution >= 4 is 39.4 Å². The number of nitrogens with zero attached hydrogens (tertiary/aromatic N) is 2. The Morgan fingerprint density at radius 3 is 2.83 bits per heavy atom. The van der Waals surface area contributed by atoms with Crippen LogP contribution in [0.25, 0.3) is 0 Å². The Balaban J connectivity index is 2.05. The lowest BCUT2D eigenvalue weighted by atomic mass is 10.1. The van der Waals surface area contributed by atoms with Crippen LogP contribution in [0.2, 0.25) is 5.02 Å². The molecule has 3 rings (SSSR count). The molecule has 1 aliphatic heterocycles. The van der Waals surface area contributed by atoms with Crippen molar-refractivity contribution in [3.63, 3.8) is 0 Å². The minimum absolute atomic E-state index is 0.244. The molecule has 0 aromatic heterocycles. The number of rotatable bonds is 2. The standard InChI is InChI=1S/C12H11BrClN3O/c13-9-4-1-6(14)5-8(9)10-11(15)16-12(18)17(10)7-2-3-7/h1,4-5,7,10H,2-3H2,(H2,15,16,18). The number of nitrogens with two attached hydrogens (primary N) is 1. The van der Waals surface area contributed by atoms with Gasteiger partial charge in [0.15, 0.2) is 0 Å². The zero-order valence-corrected chi connectivity index (χ0v) is 11.8. The van der Waals surface area contributed by atoms with Crippen molar-refractivity contribution in [3.8, 4) is 0 Å². The molecule has 0 bridgehead atoms. The Bertz CT molecular complexity index is 556. The third-order valence-electron chi connectivity index (χ3n) is 3.20. The summed E-state index contributed by atoms with van der Waals surface area (Å²) >= 11 is 9.50. The van der Waals surface area contributed by atoms with E-state index in [1.807, 2.05) is 12.1 Å². The summed E-state index contributed by atoms with van der Waals surface area (Å²) in [6.07, 6.45) is 2.03. The maximum absolute atomic E-state index is 11.9. The summed E-state index contributed by atoms with van der Waals surface area (Å²) in [5.74, 6) is 0.342. The normalized spacial score (nSPS) is 23.4. The molecule has 0 saturated heterocycles. The summed E-state index contributed by atoms with van der Waals surface area (Å²) in [5, 5.41) is 0.621. The van der Waals surface area contributed by atoms with E-state index in [2.05, 4.69) is 20.9 Å². The predicted molar refractivity (Wildman–Crippen MR) is 73.8 cm³/mol. The van der Waals surface area contributed by atoms with Gasteiger partial charge in [0.1, 0.15) is 11.9 Å². The fraction of sp³-hybridized carbons (Fsp3) is 0.333. The molecule has 1 heterocycles. The molecular weight excluding hydrogens is 318 g/mol. The second-order valence-electron chi connectivity index (χ2n) is 4.53. The molecule has 1 aromatic rings. The molecule has 0 spiro atoms. The molecule has 18 heavy (non-hydrogen) atoms. The van der Waals surface area contributed by atoms with Gasteiger partial charge in [-0.25, -0.2) is 4.79 Å². The summed E-state index contributed by atoms with van der Waals surface area (Å²) in [5.41, 5.74) is 6.79. The quantitative estimate of drug-likeness (QED) is 0.907. The van der Waals surface area contributed by atoms with E-state index in [0.717, 1.165) is 22.9 Å². The molecule has 2 aliphatic rings. The summed E-state index contributed by atoms with van der Waals surface area (Å²) in [7, 11) is 0. The Kier molecular flexibility index (Phi) is 2.83. The van der Waals surface area contributed by atoms with Crippen LogP contribution in [0.15, 0.2) is 27.7 Å². The van der Waals surface area contributed by atoms with Gasteiger partial charge in [-0.2, -0.15) is 4.99 Å². The van der Waals surface area contributed by atoms with Crippen LogP contribution in [0.5, 0.6) is 0 Å². The Hall–Kier alpha value is -1.07. The minimum Gasteiger partial charge on any atom is -0.385 e. The largest absolute Gasteiger partial charge is 0.385 e. The van der Waals surface area contributed by atoms with Crippen LogP contribution in [0.4, 0.5) is 4.79 Å². The van der Waals surface area contributed by atoms with Crippen molar-refractivity contribution in [3.05, 3.63) is 33.3 Å². The number of hydrogen-bond acceptors (Lipinski definition) is 2. The van der Waals surface area contributed by atoms with Gasteiger partial charge < -0.3 is 10.6 Å². The fourth-order valence-electron chi connectivity index (χ4n) is 2.24. The van der Waals surface area contributed by atoms with Crippen LogP contribution < -0.4 is 5.73 Å². The average Bonchev–Trinajstić information content (AvgIpc) is 3.09. The molecule has 0 radical (unpaired) electrons. The predicted octanol–water partition coefficient (Wildman–Crippen LogP) is 3.10. The summed E-state index contributed by atoms with van der Waals surface area (Å²) in [4.78, 5) is 17.5. The number of halogens is 2. The summed E-state index contributed by atoms with van der Waals surface area (Å²) in [6.45, 7) is 0. The smallest absolute Gasteiger partial charge is 0.346 e. The van der Waals surface area contributed by atoms with Gasteiger partial charge in [-0.05, 0) is 36.6 Å². The Morgan fingerprint density at radius 1 is 1.44 bits per heavy atom. The molecule has 1 unspecified atom stereocenters. The van der Waals surface area contributed by atoms with Gasteiger partial charge in [0, 0.05) is 15.5 Å². The van der Waals surface area contributed by atoms with Crippen LogP contribution in [-0.2, 0) is 0 Å². The molecule has 1 fully saturated rings. The molecule has 2 amide bonds. The van der Waals surface area contributed by atoms with Crippen LogP contribution in [0.1, 0.15) is 24.4 Å². The summed E-state index contributed by atoms with van der Waals surface area (Å²) < 4.78 is 0.885. The number of urea groups is 1. The van der Waals surface area contributed by atoms with E-state index in [1.165, 1.54) is 0 Å². The number of carbonyl (C=O) groups is 1. The zero-order chi connectivity index (χ0) is 12.9. The zero-order valence-electron chi connectivity index (χ0n) is 9.44.